The van der Waals surface area contributed by atoms with Gasteiger partial charge < -0.3 is 4.74 Å². The Morgan fingerprint density at radius 3 is 3.17 bits per heavy atom. The Balaban J connectivity index is 2.83. The summed E-state index contributed by atoms with van der Waals surface area (Å²) in [6, 6.07) is 0. The van der Waals surface area contributed by atoms with Crippen molar-refractivity contribution >= 4 is 29.3 Å². The average Bonchev–Trinajstić information content (AvgIpc) is 2.52. The summed E-state index contributed by atoms with van der Waals surface area (Å²) < 4.78 is 9.46. The highest BCUT2D eigenvalue weighted by Gasteiger charge is 2.13. The summed E-state index contributed by atoms with van der Waals surface area (Å²) in [5.41, 5.74) is 0.578. The first-order valence-corrected chi connectivity index (χ1v) is 5.21. The summed E-state index contributed by atoms with van der Waals surface area (Å²) in [6.07, 6.45) is 1.55. The number of nitrogens with zero attached hydrogens (tertiary/aromatic N) is 1. The minimum Gasteiger partial charge on any atom is -0.465 e. The van der Waals surface area contributed by atoms with Crippen LogP contribution in [0.2, 0.25) is 0 Å². The smallest absolute Gasteiger partial charge is 0.341 e. The van der Waals surface area contributed by atoms with Gasteiger partial charge in [-0.3, -0.25) is 0 Å². The molecule has 0 aliphatic carbocycles. The summed E-state index contributed by atoms with van der Waals surface area (Å²) >= 11 is 2.94. The maximum atomic E-state index is 11.1. The van der Waals surface area contributed by atoms with Gasteiger partial charge in [-0.05, 0) is 17.3 Å². The van der Waals surface area contributed by atoms with Crippen molar-refractivity contribution in [1.82, 2.24) is 4.37 Å². The van der Waals surface area contributed by atoms with Crippen molar-refractivity contribution in [2.45, 2.75) is 11.1 Å². The monoisotopic (exact) mass is 203 g/mol. The molecule has 1 aromatic heterocycles. The Labute approximate surface area is 79.3 Å². The van der Waals surface area contributed by atoms with Crippen LogP contribution in [0, 0.1) is 0 Å². The number of methoxy groups -OCH3 is 1. The maximum absolute atomic E-state index is 11.1. The fourth-order valence-electron chi connectivity index (χ4n) is 0.710. The number of ether oxygens (including phenoxy) is 1. The highest BCUT2D eigenvalue weighted by molar-refractivity contribution is 8.01. The van der Waals surface area contributed by atoms with Crippen LogP contribution in [0.4, 0.5) is 0 Å². The van der Waals surface area contributed by atoms with Crippen LogP contribution >= 0.6 is 23.3 Å². The van der Waals surface area contributed by atoms with Crippen molar-refractivity contribution in [3.8, 4) is 0 Å². The molecule has 0 unspecified atom stereocenters. The molecule has 0 aromatic carbocycles. The zero-order valence-corrected chi connectivity index (χ0v) is 8.50. The second-order valence-electron chi connectivity index (χ2n) is 1.95. The Hall–Kier alpha value is -0.550. The van der Waals surface area contributed by atoms with Gasteiger partial charge in [0.2, 0.25) is 0 Å². The molecule has 0 saturated heterocycles. The Bertz CT molecular complexity index is 272. The van der Waals surface area contributed by atoms with Crippen LogP contribution in [0.25, 0.3) is 0 Å². The van der Waals surface area contributed by atoms with E-state index in [0.717, 1.165) is 9.96 Å². The zero-order chi connectivity index (χ0) is 8.97. The van der Waals surface area contributed by atoms with E-state index in [9.17, 15) is 4.79 Å². The highest BCUT2D eigenvalue weighted by atomic mass is 32.2. The van der Waals surface area contributed by atoms with Gasteiger partial charge in [-0.1, -0.05) is 6.92 Å². The van der Waals surface area contributed by atoms with Crippen molar-refractivity contribution in [1.29, 1.82) is 0 Å². The van der Waals surface area contributed by atoms with Gasteiger partial charge in [-0.25, -0.2) is 4.79 Å². The van der Waals surface area contributed by atoms with Crippen LogP contribution in [0.5, 0.6) is 0 Å². The summed E-state index contributed by atoms with van der Waals surface area (Å²) in [6.45, 7) is 2.03. The van der Waals surface area contributed by atoms with Crippen LogP contribution < -0.4 is 0 Å². The van der Waals surface area contributed by atoms with E-state index < -0.39 is 0 Å². The third-order valence-corrected chi connectivity index (χ3v) is 3.16. The van der Waals surface area contributed by atoms with Crippen molar-refractivity contribution in [2.24, 2.45) is 0 Å². The summed E-state index contributed by atoms with van der Waals surface area (Å²) in [7, 11) is 1.38. The third kappa shape index (κ3) is 1.98. The first-order chi connectivity index (χ1) is 5.79. The molecule has 0 bridgehead atoms. The van der Waals surface area contributed by atoms with E-state index in [4.69, 9.17) is 0 Å². The molecule has 66 valence electrons. The van der Waals surface area contributed by atoms with E-state index in [1.807, 2.05) is 6.92 Å². The van der Waals surface area contributed by atoms with Crippen LogP contribution in [-0.2, 0) is 4.74 Å². The predicted molar refractivity (Wildman–Crippen MR) is 49.9 cm³/mol. The molecular formula is C7H9NO2S2. The number of rotatable bonds is 3. The van der Waals surface area contributed by atoms with Gasteiger partial charge in [-0.2, -0.15) is 4.37 Å². The molecule has 0 atom stereocenters. The van der Waals surface area contributed by atoms with Crippen molar-refractivity contribution in [3.05, 3.63) is 11.8 Å². The Kier molecular flexibility index (Phi) is 3.55. The molecule has 0 N–H and O–H groups in total. The predicted octanol–water partition coefficient (Wildman–Crippen LogP) is 2.04. The van der Waals surface area contributed by atoms with E-state index in [0.29, 0.717) is 5.56 Å². The van der Waals surface area contributed by atoms with Crippen molar-refractivity contribution in [2.75, 3.05) is 12.9 Å². The zero-order valence-electron chi connectivity index (χ0n) is 6.86. The number of carbonyl (C=O) groups is 1. The number of hydrogen-bond donors (Lipinski definition) is 0. The molecule has 1 aromatic rings. The molecule has 5 heteroatoms. The van der Waals surface area contributed by atoms with Crippen LogP contribution in [0.1, 0.15) is 17.3 Å². The van der Waals surface area contributed by atoms with E-state index >= 15 is 0 Å². The summed E-state index contributed by atoms with van der Waals surface area (Å²) in [5.74, 6) is 0.631. The number of thioether (sulfide) groups is 1. The Morgan fingerprint density at radius 2 is 2.58 bits per heavy atom. The minimum absolute atomic E-state index is 0.306. The highest BCUT2D eigenvalue weighted by Crippen LogP contribution is 2.26. The molecule has 1 rings (SSSR count). The standard InChI is InChI=1S/C7H9NO2S2/c1-3-11-7-5(4-8-12-7)6(9)10-2/h4H,3H2,1-2H3. The second-order valence-corrected chi connectivity index (χ2v) is 4.29. The van der Waals surface area contributed by atoms with Gasteiger partial charge in [0.15, 0.2) is 0 Å². The van der Waals surface area contributed by atoms with E-state index in [-0.39, 0.29) is 5.97 Å². The lowest BCUT2D eigenvalue weighted by Gasteiger charge is -1.97. The van der Waals surface area contributed by atoms with Crippen LogP contribution in [0.15, 0.2) is 10.4 Å². The summed E-state index contributed by atoms with van der Waals surface area (Å²) in [4.78, 5) is 11.1. The molecule has 0 spiro atoms. The third-order valence-electron chi connectivity index (χ3n) is 1.22. The largest absolute Gasteiger partial charge is 0.465 e. The molecular weight excluding hydrogens is 194 g/mol. The average molecular weight is 203 g/mol. The lowest BCUT2D eigenvalue weighted by molar-refractivity contribution is 0.0597. The lowest BCUT2D eigenvalue weighted by Crippen LogP contribution is -2.00. The topological polar surface area (TPSA) is 39.2 Å². The van der Waals surface area contributed by atoms with Crippen molar-refractivity contribution < 1.29 is 9.53 Å². The van der Waals surface area contributed by atoms with E-state index in [1.165, 1.54) is 18.6 Å². The normalized spacial score (nSPS) is 9.83. The number of esters is 1. The molecule has 1 heterocycles. The Morgan fingerprint density at radius 1 is 1.83 bits per heavy atom. The molecule has 0 radical (unpaired) electrons. The minimum atomic E-state index is -0.306. The van der Waals surface area contributed by atoms with Gasteiger partial charge in [0.25, 0.3) is 0 Å². The van der Waals surface area contributed by atoms with Crippen molar-refractivity contribution in [3.63, 3.8) is 0 Å². The van der Waals surface area contributed by atoms with E-state index in [2.05, 4.69) is 9.11 Å². The number of carbonyl (C=O) groups excluding carboxylic acids is 1. The fourth-order valence-corrected chi connectivity index (χ4v) is 2.45. The second kappa shape index (κ2) is 4.47. The van der Waals surface area contributed by atoms with E-state index in [1.54, 1.807) is 18.0 Å². The first-order valence-electron chi connectivity index (χ1n) is 3.45. The number of aromatic nitrogens is 1. The number of hydrogen-bond acceptors (Lipinski definition) is 5. The summed E-state index contributed by atoms with van der Waals surface area (Å²) in [5, 5.41) is 0. The molecule has 0 aliphatic rings. The quantitative estimate of drug-likeness (QED) is 0.556. The lowest BCUT2D eigenvalue weighted by atomic mass is 10.4. The molecule has 0 saturated carbocycles. The van der Waals surface area contributed by atoms with Gasteiger partial charge in [0.1, 0.15) is 5.56 Å². The van der Waals surface area contributed by atoms with Gasteiger partial charge >= 0.3 is 5.97 Å². The van der Waals surface area contributed by atoms with Gasteiger partial charge in [-0.15, -0.1) is 11.8 Å². The van der Waals surface area contributed by atoms with Crippen LogP contribution in [-0.4, -0.2) is 23.2 Å². The van der Waals surface area contributed by atoms with Crippen LogP contribution in [0.3, 0.4) is 0 Å². The van der Waals surface area contributed by atoms with Gasteiger partial charge in [0, 0.05) is 0 Å². The molecule has 3 nitrogen and oxygen atoms in total. The first kappa shape index (κ1) is 9.54. The molecule has 12 heavy (non-hydrogen) atoms. The fraction of sp³-hybridized carbons (Fsp3) is 0.429. The maximum Gasteiger partial charge on any atom is 0.341 e. The molecule has 0 aliphatic heterocycles. The SMILES string of the molecule is CCSc1sncc1C(=O)OC. The molecule has 0 fully saturated rings. The molecule has 0 amide bonds. The van der Waals surface area contributed by atoms with Gasteiger partial charge in [0.05, 0.1) is 17.5 Å².